The Morgan fingerprint density at radius 2 is 2.38 bits per heavy atom. The van der Waals surface area contributed by atoms with E-state index in [0.29, 0.717) is 13.4 Å². The number of nitrogens with zero attached hydrogens (tertiary/aromatic N) is 1. The molecule has 65 valence electrons. The van der Waals surface area contributed by atoms with E-state index in [0.717, 1.165) is 16.6 Å². The van der Waals surface area contributed by atoms with Crippen LogP contribution >= 0.6 is 0 Å². The summed E-state index contributed by atoms with van der Waals surface area (Å²) < 4.78 is 4.83. The summed E-state index contributed by atoms with van der Waals surface area (Å²) in [6.07, 6.45) is 0. The van der Waals surface area contributed by atoms with Gasteiger partial charge in [-0.25, -0.2) is 0 Å². The van der Waals surface area contributed by atoms with Crippen LogP contribution in [0.25, 0.3) is 10.9 Å². The van der Waals surface area contributed by atoms with E-state index in [-0.39, 0.29) is 0 Å². The van der Waals surface area contributed by atoms with Gasteiger partial charge in [0.15, 0.2) is 0 Å². The van der Waals surface area contributed by atoms with Crippen LogP contribution in [0.2, 0.25) is 0 Å². The fraction of sp³-hybridized carbons (Fsp3) is 0.125. The molecule has 4 nitrogen and oxygen atoms in total. The third kappa shape index (κ3) is 1.38. The first-order valence-corrected chi connectivity index (χ1v) is 3.88. The molecule has 0 spiro atoms. The van der Waals surface area contributed by atoms with Crippen LogP contribution in [-0.2, 0) is 0 Å². The van der Waals surface area contributed by atoms with Crippen LogP contribution in [0.1, 0.15) is 5.69 Å². The molecule has 0 aliphatic rings. The van der Waals surface area contributed by atoms with Crippen LogP contribution in [0.15, 0.2) is 18.2 Å². The lowest BCUT2D eigenvalue weighted by Gasteiger charge is -1.99. The average molecular weight is 175 g/mol. The highest BCUT2D eigenvalue weighted by atomic mass is 16.5. The second kappa shape index (κ2) is 3.10. The molecular weight excluding hydrogens is 167 g/mol. The van der Waals surface area contributed by atoms with Gasteiger partial charge < -0.3 is 9.68 Å². The largest absolute Gasteiger partial charge is 0.569 e. The fourth-order valence-corrected chi connectivity index (χ4v) is 1.25. The maximum Gasteiger partial charge on any atom is 0.569 e. The van der Waals surface area contributed by atoms with Gasteiger partial charge in [0.1, 0.15) is 5.75 Å². The SMILES string of the molecule is Cc1[nH]nc2ccc(O[B]O)cc12. The van der Waals surface area contributed by atoms with Crippen LogP contribution in [0.3, 0.4) is 0 Å². The van der Waals surface area contributed by atoms with Crippen molar-refractivity contribution < 1.29 is 9.68 Å². The summed E-state index contributed by atoms with van der Waals surface area (Å²) in [4.78, 5) is 0. The zero-order valence-electron chi connectivity index (χ0n) is 7.11. The molecule has 1 aromatic carbocycles. The minimum absolute atomic E-state index is 0.597. The molecule has 0 fully saturated rings. The molecule has 1 heterocycles. The number of nitrogens with one attached hydrogen (secondary N) is 1. The van der Waals surface area contributed by atoms with Crippen LogP contribution in [0.5, 0.6) is 5.75 Å². The molecule has 0 aliphatic heterocycles. The van der Waals surface area contributed by atoms with Crippen molar-refractivity contribution in [3.05, 3.63) is 23.9 Å². The Balaban J connectivity index is 2.53. The highest BCUT2D eigenvalue weighted by molar-refractivity contribution is 6.17. The Hall–Kier alpha value is -1.49. The Kier molecular flexibility index (Phi) is 1.94. The van der Waals surface area contributed by atoms with E-state index in [1.807, 2.05) is 19.1 Å². The molecule has 2 aromatic rings. The van der Waals surface area contributed by atoms with Gasteiger partial charge in [0.05, 0.1) is 5.52 Å². The highest BCUT2D eigenvalue weighted by Crippen LogP contribution is 2.20. The molecule has 2 rings (SSSR count). The van der Waals surface area contributed by atoms with Gasteiger partial charge >= 0.3 is 7.69 Å². The molecule has 5 heteroatoms. The standard InChI is InChI=1S/C8H8BN2O2/c1-5-7-4-6(13-9-12)2-3-8(7)11-10-5/h2-4,12H,1H3,(H,10,11). The molecule has 0 saturated heterocycles. The van der Waals surface area contributed by atoms with Gasteiger partial charge in [0.25, 0.3) is 0 Å². The molecular formula is C8H8BN2O2. The molecule has 0 unspecified atom stereocenters. The lowest BCUT2D eigenvalue weighted by molar-refractivity contribution is 0.454. The van der Waals surface area contributed by atoms with E-state index in [9.17, 15) is 0 Å². The van der Waals surface area contributed by atoms with Gasteiger partial charge in [-0.15, -0.1) is 0 Å². The van der Waals surface area contributed by atoms with Crippen molar-refractivity contribution in [1.29, 1.82) is 0 Å². The molecule has 13 heavy (non-hydrogen) atoms. The van der Waals surface area contributed by atoms with Gasteiger partial charge in [-0.05, 0) is 25.1 Å². The first-order valence-electron chi connectivity index (χ1n) is 3.88. The minimum Gasteiger partial charge on any atom is -0.537 e. The number of aromatic amines is 1. The topological polar surface area (TPSA) is 58.1 Å². The second-order valence-electron chi connectivity index (χ2n) is 2.75. The van der Waals surface area contributed by atoms with Crippen molar-refractivity contribution in [2.75, 3.05) is 0 Å². The normalized spacial score (nSPS) is 10.3. The van der Waals surface area contributed by atoms with Crippen molar-refractivity contribution >= 4 is 18.6 Å². The average Bonchev–Trinajstić information content (AvgIpc) is 2.49. The van der Waals surface area contributed by atoms with Gasteiger partial charge in [0, 0.05) is 11.1 Å². The van der Waals surface area contributed by atoms with Crippen molar-refractivity contribution in [2.24, 2.45) is 0 Å². The fourth-order valence-electron chi connectivity index (χ4n) is 1.25. The number of hydrogen-bond donors (Lipinski definition) is 2. The number of aryl methyl sites for hydroxylation is 1. The number of hydrogen-bond acceptors (Lipinski definition) is 3. The Bertz CT molecular complexity index is 427. The predicted molar refractivity (Wildman–Crippen MR) is 49.4 cm³/mol. The van der Waals surface area contributed by atoms with Crippen LogP contribution in [0.4, 0.5) is 0 Å². The third-order valence-corrected chi connectivity index (χ3v) is 1.90. The first-order chi connectivity index (χ1) is 6.31. The molecule has 0 bridgehead atoms. The summed E-state index contributed by atoms with van der Waals surface area (Å²) in [6, 6.07) is 5.40. The van der Waals surface area contributed by atoms with E-state index in [1.165, 1.54) is 0 Å². The van der Waals surface area contributed by atoms with E-state index in [4.69, 9.17) is 9.68 Å². The van der Waals surface area contributed by atoms with Gasteiger partial charge in [-0.2, -0.15) is 5.10 Å². The van der Waals surface area contributed by atoms with Crippen molar-refractivity contribution in [2.45, 2.75) is 6.92 Å². The second-order valence-corrected chi connectivity index (χ2v) is 2.75. The minimum atomic E-state index is 0.597. The lowest BCUT2D eigenvalue weighted by Crippen LogP contribution is -1.99. The number of H-pyrrole nitrogens is 1. The summed E-state index contributed by atoms with van der Waals surface area (Å²) in [5, 5.41) is 16.4. The lowest BCUT2D eigenvalue weighted by atomic mass is 10.2. The first kappa shape index (κ1) is 8.13. The zero-order chi connectivity index (χ0) is 9.26. The Labute approximate surface area is 75.8 Å². The number of rotatable bonds is 2. The maximum atomic E-state index is 8.44. The van der Waals surface area contributed by atoms with E-state index in [1.54, 1.807) is 6.07 Å². The summed E-state index contributed by atoms with van der Waals surface area (Å²) in [5.74, 6) is 0.597. The molecule has 0 aliphatic carbocycles. The summed E-state index contributed by atoms with van der Waals surface area (Å²) >= 11 is 0. The van der Waals surface area contributed by atoms with Gasteiger partial charge in [-0.3, -0.25) is 5.10 Å². The number of aromatic nitrogens is 2. The molecule has 0 atom stereocenters. The third-order valence-electron chi connectivity index (χ3n) is 1.90. The smallest absolute Gasteiger partial charge is 0.537 e. The molecule has 1 aromatic heterocycles. The van der Waals surface area contributed by atoms with Crippen LogP contribution < -0.4 is 4.65 Å². The van der Waals surface area contributed by atoms with Crippen LogP contribution in [-0.4, -0.2) is 22.9 Å². The predicted octanol–water partition coefficient (Wildman–Crippen LogP) is 0.777. The summed E-state index contributed by atoms with van der Waals surface area (Å²) in [7, 11) is 0.663. The van der Waals surface area contributed by atoms with Crippen molar-refractivity contribution in [3.8, 4) is 5.75 Å². The maximum absolute atomic E-state index is 8.44. The van der Waals surface area contributed by atoms with Crippen LogP contribution in [0, 0.1) is 6.92 Å². The van der Waals surface area contributed by atoms with E-state index in [2.05, 4.69) is 10.2 Å². The summed E-state index contributed by atoms with van der Waals surface area (Å²) in [6.45, 7) is 1.93. The quantitative estimate of drug-likeness (QED) is 0.662. The highest BCUT2D eigenvalue weighted by Gasteiger charge is 2.02. The monoisotopic (exact) mass is 175 g/mol. The van der Waals surface area contributed by atoms with E-state index >= 15 is 0 Å². The Morgan fingerprint density at radius 1 is 1.54 bits per heavy atom. The molecule has 1 radical (unpaired) electrons. The number of benzene rings is 1. The zero-order valence-corrected chi connectivity index (χ0v) is 7.11. The summed E-state index contributed by atoms with van der Waals surface area (Å²) in [5.41, 5.74) is 1.88. The Morgan fingerprint density at radius 3 is 3.15 bits per heavy atom. The number of fused-ring (bicyclic) bond motifs is 1. The van der Waals surface area contributed by atoms with Crippen molar-refractivity contribution in [1.82, 2.24) is 10.2 Å². The molecule has 0 saturated carbocycles. The molecule has 2 N–H and O–H groups in total. The van der Waals surface area contributed by atoms with Gasteiger partial charge in [0.2, 0.25) is 0 Å². The van der Waals surface area contributed by atoms with E-state index < -0.39 is 0 Å². The van der Waals surface area contributed by atoms with Crippen molar-refractivity contribution in [3.63, 3.8) is 0 Å². The molecule has 0 amide bonds. The van der Waals surface area contributed by atoms with Gasteiger partial charge in [-0.1, -0.05) is 0 Å².